The molecule has 4 nitrogen and oxygen atoms in total. The summed E-state index contributed by atoms with van der Waals surface area (Å²) < 4.78 is 12.8. The Hall–Kier alpha value is -5.29. The van der Waals surface area contributed by atoms with Crippen LogP contribution >= 0.6 is 0 Å². The number of aromatic nitrogens is 2. The van der Waals surface area contributed by atoms with Gasteiger partial charge in [0.1, 0.15) is 17.2 Å². The third-order valence-electron chi connectivity index (χ3n) is 8.71. The van der Waals surface area contributed by atoms with Gasteiger partial charge in [-0.2, -0.15) is 0 Å². The van der Waals surface area contributed by atoms with Gasteiger partial charge in [0.25, 0.3) is 0 Å². The Kier molecular flexibility index (Phi) is 8.77. The molecule has 0 saturated carbocycles. The molecule has 0 unspecified atom stereocenters. The van der Waals surface area contributed by atoms with E-state index in [1.54, 1.807) is 6.20 Å². The second-order valence-electron chi connectivity index (χ2n) is 11.7. The zero-order valence-corrected chi connectivity index (χ0v) is 28.8. The number of fused-ring (bicyclic) bond motifs is 4. The van der Waals surface area contributed by atoms with Gasteiger partial charge in [-0.15, -0.1) is 59.6 Å². The molecule has 233 valence electrons. The summed E-state index contributed by atoms with van der Waals surface area (Å²) in [4.78, 5) is 9.08. The fourth-order valence-electron chi connectivity index (χ4n) is 6.57. The fraction of sp³-hybridized carbons (Fsp3) is 0.0476. The monoisotopic (exact) mass is 797 g/mol. The minimum atomic E-state index is 0. The number of pyridine rings is 2. The maximum Gasteiger partial charge on any atom is 0.241 e. The van der Waals surface area contributed by atoms with Crippen LogP contribution in [-0.2, 0) is 20.1 Å². The number of para-hydroxylation sites is 1. The Morgan fingerprint density at radius 3 is 2.08 bits per heavy atom. The van der Waals surface area contributed by atoms with Crippen molar-refractivity contribution in [3.05, 3.63) is 163 Å². The van der Waals surface area contributed by atoms with Crippen molar-refractivity contribution in [2.24, 2.45) is 0 Å². The standard InChI is InChI=1S/C31H21BNO2.C11H8N.Ir/c1-19-8-5-9-20(2)29(19)21-16-17-25(33-18-21)22-10-6-12-24-31(22)35-28-15-7-14-27-30(28)32(24)23-11-3-4-13-26(23)34-27;1-2-6-10(7-3-1)11-8-4-5-9-12-11;/h3-9,11-18H,1-2H3;1-6,8-9H;/q2*-1;. The van der Waals surface area contributed by atoms with Crippen molar-refractivity contribution in [3.8, 4) is 56.6 Å². The molecule has 4 heterocycles. The Balaban J connectivity index is 0.000000237. The second-order valence-corrected chi connectivity index (χ2v) is 11.7. The smallest absolute Gasteiger partial charge is 0.241 e. The SMILES string of the molecule is Cc1cccc(C)c1-c1ccc(-c2[c-]ccc3c2Oc2cccc4c2B3c2ccccc2O4)nc1.[Ir].[c-]1ccccc1-c1ccccn1. The summed E-state index contributed by atoms with van der Waals surface area (Å²) in [6.45, 7) is 4.32. The molecule has 48 heavy (non-hydrogen) atoms. The molecule has 0 aliphatic carbocycles. The van der Waals surface area contributed by atoms with E-state index in [4.69, 9.17) is 14.5 Å². The van der Waals surface area contributed by atoms with E-state index in [9.17, 15) is 0 Å². The molecule has 6 heteroatoms. The quantitative estimate of drug-likeness (QED) is 0.134. The first-order valence-electron chi connectivity index (χ1n) is 15.7. The van der Waals surface area contributed by atoms with Crippen molar-refractivity contribution in [3.63, 3.8) is 0 Å². The number of benzene rings is 5. The Morgan fingerprint density at radius 2 is 1.33 bits per heavy atom. The largest absolute Gasteiger partial charge is 0.503 e. The molecular formula is C42H29BIrN2O2-2. The summed E-state index contributed by atoms with van der Waals surface area (Å²) in [6, 6.07) is 49.2. The first-order valence-corrected chi connectivity index (χ1v) is 15.7. The maximum absolute atomic E-state index is 6.53. The average molecular weight is 797 g/mol. The Bertz CT molecular complexity index is 2170. The Labute approximate surface area is 294 Å². The predicted molar refractivity (Wildman–Crippen MR) is 190 cm³/mol. The zero-order valence-electron chi connectivity index (χ0n) is 26.4. The van der Waals surface area contributed by atoms with Crippen molar-refractivity contribution in [1.29, 1.82) is 0 Å². The van der Waals surface area contributed by atoms with Crippen molar-refractivity contribution in [2.75, 3.05) is 0 Å². The number of hydrogen-bond donors (Lipinski definition) is 0. The summed E-state index contributed by atoms with van der Waals surface area (Å²) in [7, 11) is 0. The molecule has 0 bridgehead atoms. The van der Waals surface area contributed by atoms with Crippen LogP contribution < -0.4 is 25.9 Å². The third-order valence-corrected chi connectivity index (χ3v) is 8.71. The number of nitrogens with zero attached hydrogens (tertiary/aromatic N) is 2. The van der Waals surface area contributed by atoms with Crippen LogP contribution in [0.4, 0.5) is 0 Å². The van der Waals surface area contributed by atoms with Crippen LogP contribution in [0.25, 0.3) is 33.6 Å². The van der Waals surface area contributed by atoms with Crippen LogP contribution in [0.5, 0.6) is 23.0 Å². The van der Waals surface area contributed by atoms with Gasteiger partial charge in [-0.05, 0) is 77.2 Å². The number of aryl methyl sites for hydroxylation is 2. The first kappa shape index (κ1) is 31.3. The van der Waals surface area contributed by atoms with E-state index in [0.717, 1.165) is 67.5 Å². The van der Waals surface area contributed by atoms with Crippen molar-refractivity contribution < 1.29 is 29.6 Å². The van der Waals surface area contributed by atoms with Gasteiger partial charge in [0.15, 0.2) is 0 Å². The van der Waals surface area contributed by atoms with Crippen LogP contribution in [0.3, 0.4) is 0 Å². The van der Waals surface area contributed by atoms with Crippen LogP contribution in [0.1, 0.15) is 11.1 Å². The molecular weight excluding hydrogens is 768 g/mol. The van der Waals surface area contributed by atoms with Gasteiger partial charge >= 0.3 is 0 Å². The van der Waals surface area contributed by atoms with E-state index in [1.807, 2.05) is 85.1 Å². The van der Waals surface area contributed by atoms with Crippen molar-refractivity contribution >= 4 is 23.1 Å². The summed E-state index contributed by atoms with van der Waals surface area (Å²) >= 11 is 0. The van der Waals surface area contributed by atoms with Gasteiger partial charge in [0.2, 0.25) is 6.71 Å². The number of rotatable bonds is 3. The minimum Gasteiger partial charge on any atom is -0.503 e. The van der Waals surface area contributed by atoms with E-state index in [2.05, 4.69) is 79.5 Å². The molecule has 2 aliphatic heterocycles. The minimum absolute atomic E-state index is 0. The molecule has 5 aromatic carbocycles. The normalized spacial score (nSPS) is 11.7. The molecule has 0 saturated heterocycles. The topological polar surface area (TPSA) is 44.2 Å². The first-order chi connectivity index (χ1) is 23.2. The van der Waals surface area contributed by atoms with Crippen LogP contribution in [-0.4, -0.2) is 16.7 Å². The second kappa shape index (κ2) is 13.4. The average Bonchev–Trinajstić information content (AvgIpc) is 3.13. The van der Waals surface area contributed by atoms with E-state index in [-0.39, 0.29) is 26.8 Å². The van der Waals surface area contributed by atoms with Gasteiger partial charge in [-0.25, -0.2) is 0 Å². The van der Waals surface area contributed by atoms with Gasteiger partial charge < -0.3 is 19.4 Å². The van der Waals surface area contributed by atoms with Crippen molar-refractivity contribution in [2.45, 2.75) is 13.8 Å². The summed E-state index contributed by atoms with van der Waals surface area (Å²) in [6.07, 6.45) is 3.74. The van der Waals surface area contributed by atoms with Gasteiger partial charge in [-0.3, -0.25) is 0 Å². The molecule has 0 atom stereocenters. The number of hydrogen-bond acceptors (Lipinski definition) is 4. The predicted octanol–water partition coefficient (Wildman–Crippen LogP) is 8.11. The van der Waals surface area contributed by atoms with Gasteiger partial charge in [0.05, 0.1) is 0 Å². The van der Waals surface area contributed by atoms with Gasteiger partial charge in [-0.1, -0.05) is 72.3 Å². The third kappa shape index (κ3) is 5.75. The Morgan fingerprint density at radius 1 is 0.583 bits per heavy atom. The molecule has 2 aliphatic rings. The summed E-state index contributed by atoms with van der Waals surface area (Å²) in [5.41, 5.74) is 11.9. The molecule has 0 fully saturated rings. The van der Waals surface area contributed by atoms with E-state index in [1.165, 1.54) is 16.7 Å². The molecule has 1 radical (unpaired) electrons. The fourth-order valence-corrected chi connectivity index (χ4v) is 6.57. The van der Waals surface area contributed by atoms with Crippen molar-refractivity contribution in [1.82, 2.24) is 9.97 Å². The molecule has 2 aromatic heterocycles. The molecule has 0 amide bonds. The van der Waals surface area contributed by atoms with Crippen LogP contribution in [0, 0.1) is 26.0 Å². The maximum atomic E-state index is 6.53. The summed E-state index contributed by atoms with van der Waals surface area (Å²) in [5.74, 6) is 3.37. The molecule has 7 aromatic rings. The zero-order chi connectivity index (χ0) is 31.7. The molecule has 0 spiro atoms. The molecule has 0 N–H and O–H groups in total. The van der Waals surface area contributed by atoms with Gasteiger partial charge in [0, 0.05) is 43.7 Å². The van der Waals surface area contributed by atoms with E-state index < -0.39 is 0 Å². The summed E-state index contributed by atoms with van der Waals surface area (Å²) in [5, 5.41) is 0. The van der Waals surface area contributed by atoms with E-state index >= 15 is 0 Å². The van der Waals surface area contributed by atoms with Crippen LogP contribution in [0.15, 0.2) is 140 Å². The van der Waals surface area contributed by atoms with E-state index in [0.29, 0.717) is 0 Å². The number of ether oxygens (including phenoxy) is 2. The molecule has 9 rings (SSSR count). The van der Waals surface area contributed by atoms with Crippen LogP contribution in [0.2, 0.25) is 0 Å².